The van der Waals surface area contributed by atoms with Crippen LogP contribution in [0.25, 0.3) is 5.00 Å². The largest absolute Gasteiger partial charge is 0.478 e. The Morgan fingerprint density at radius 1 is 1.27 bits per heavy atom. The number of hydrogen-bond acceptors (Lipinski definition) is 9. The van der Waals surface area contributed by atoms with Gasteiger partial charge in [-0.3, -0.25) is 0 Å². The smallest absolute Gasteiger partial charge is 0.347 e. The Balaban J connectivity index is 1.93. The number of carboxylic acid groups (broad SMARTS) is 2. The Bertz CT molecular complexity index is 854. The quantitative estimate of drug-likeness (QED) is 0.702. The zero-order valence-electron chi connectivity index (χ0n) is 10.4. The zero-order valence-corrected chi connectivity index (χ0v) is 12.9. The summed E-state index contributed by atoms with van der Waals surface area (Å²) in [7, 11) is 0. The van der Waals surface area contributed by atoms with Crippen molar-refractivity contribution in [3.63, 3.8) is 0 Å². The lowest BCUT2D eigenvalue weighted by molar-refractivity contribution is 0.0688. The molecule has 22 heavy (non-hydrogen) atoms. The van der Waals surface area contributed by atoms with Crippen LogP contribution in [0, 0.1) is 0 Å². The molecule has 3 rings (SSSR count). The molecule has 3 heterocycles. The lowest BCUT2D eigenvalue weighted by atomic mass is 10.3. The first-order valence-electron chi connectivity index (χ1n) is 5.53. The first kappa shape index (κ1) is 14.6. The van der Waals surface area contributed by atoms with Crippen LogP contribution in [0.15, 0.2) is 27.1 Å². The second-order valence-electron chi connectivity index (χ2n) is 3.72. The van der Waals surface area contributed by atoms with Gasteiger partial charge >= 0.3 is 11.9 Å². The van der Waals surface area contributed by atoms with Crippen LogP contribution in [-0.4, -0.2) is 47.3 Å². The summed E-state index contributed by atoms with van der Waals surface area (Å²) in [6.07, 6.45) is 1.25. The summed E-state index contributed by atoms with van der Waals surface area (Å²) in [5, 5.41) is 31.5. The minimum Gasteiger partial charge on any atom is -0.478 e. The van der Waals surface area contributed by atoms with Crippen LogP contribution in [0.2, 0.25) is 0 Å². The van der Waals surface area contributed by atoms with Gasteiger partial charge in [-0.1, -0.05) is 0 Å². The Labute approximate surface area is 134 Å². The van der Waals surface area contributed by atoms with Gasteiger partial charge in [-0.2, -0.15) is 4.68 Å². The highest BCUT2D eigenvalue weighted by atomic mass is 32.2. The highest BCUT2D eigenvalue weighted by Crippen LogP contribution is 2.32. The molecule has 12 heteroatoms. The van der Waals surface area contributed by atoms with Crippen molar-refractivity contribution in [3.05, 3.63) is 28.1 Å². The maximum Gasteiger partial charge on any atom is 0.347 e. The number of rotatable bonds is 5. The first-order chi connectivity index (χ1) is 10.6. The number of thiazole rings is 1. The van der Waals surface area contributed by atoms with E-state index in [0.717, 1.165) is 23.1 Å². The van der Waals surface area contributed by atoms with E-state index < -0.39 is 11.9 Å². The van der Waals surface area contributed by atoms with Crippen molar-refractivity contribution >= 4 is 46.4 Å². The third kappa shape index (κ3) is 2.70. The molecule has 0 fully saturated rings. The van der Waals surface area contributed by atoms with Crippen LogP contribution in [0.3, 0.4) is 0 Å². The van der Waals surface area contributed by atoms with Crippen LogP contribution >= 0.6 is 34.4 Å². The Hall–Kier alpha value is -2.31. The van der Waals surface area contributed by atoms with Crippen molar-refractivity contribution in [1.29, 1.82) is 0 Å². The van der Waals surface area contributed by atoms with Crippen LogP contribution in [0.4, 0.5) is 0 Å². The molecule has 3 aromatic heterocycles. The molecule has 0 amide bonds. The SMILES string of the molecule is O=C(O)c1cnc(Sc2nnnn2-c2sccc2C(=O)O)s1. The molecular formula is C10H5N5O4S3. The van der Waals surface area contributed by atoms with Gasteiger partial charge in [0.25, 0.3) is 0 Å². The molecule has 0 spiro atoms. The topological polar surface area (TPSA) is 131 Å². The third-order valence-corrected chi connectivity index (χ3v) is 5.27. The average molecular weight is 355 g/mol. The predicted molar refractivity (Wildman–Crippen MR) is 77.2 cm³/mol. The molecule has 0 saturated heterocycles. The molecule has 0 atom stereocenters. The Kier molecular flexibility index (Phi) is 3.87. The van der Waals surface area contributed by atoms with Gasteiger partial charge in [0, 0.05) is 0 Å². The van der Waals surface area contributed by atoms with Gasteiger partial charge in [0.15, 0.2) is 4.34 Å². The van der Waals surface area contributed by atoms with Crippen molar-refractivity contribution in [2.75, 3.05) is 0 Å². The summed E-state index contributed by atoms with van der Waals surface area (Å²) >= 11 is 3.23. The van der Waals surface area contributed by atoms with Crippen molar-refractivity contribution < 1.29 is 19.8 Å². The van der Waals surface area contributed by atoms with Gasteiger partial charge in [0.05, 0.1) is 11.8 Å². The van der Waals surface area contributed by atoms with E-state index in [4.69, 9.17) is 10.2 Å². The predicted octanol–water partition coefficient (Wildman–Crippen LogP) is 1.73. The van der Waals surface area contributed by atoms with Gasteiger partial charge < -0.3 is 10.2 Å². The monoisotopic (exact) mass is 355 g/mol. The molecule has 3 aromatic rings. The summed E-state index contributed by atoms with van der Waals surface area (Å²) in [6, 6.07) is 1.46. The summed E-state index contributed by atoms with van der Waals surface area (Å²) < 4.78 is 1.74. The normalized spacial score (nSPS) is 10.7. The molecule has 2 N–H and O–H groups in total. The second-order valence-corrected chi connectivity index (χ2v) is 6.86. The molecule has 112 valence electrons. The standard InChI is InChI=1S/C10H5N5O4S3/c16-7(17)4-1-2-20-6(4)15-9(12-13-14-15)22-10-11-3-5(21-10)8(18)19/h1-3H,(H,16,17)(H,18,19). The summed E-state index contributed by atoms with van der Waals surface area (Å²) in [6.45, 7) is 0. The number of nitrogens with zero attached hydrogens (tertiary/aromatic N) is 5. The number of tetrazole rings is 1. The molecular weight excluding hydrogens is 350 g/mol. The third-order valence-electron chi connectivity index (χ3n) is 2.38. The maximum absolute atomic E-state index is 11.2. The fraction of sp³-hybridized carbons (Fsp3) is 0. The molecule has 0 unspecified atom stereocenters. The van der Waals surface area contributed by atoms with Gasteiger partial charge in [-0.15, -0.1) is 27.8 Å². The van der Waals surface area contributed by atoms with Gasteiger partial charge in [-0.25, -0.2) is 14.6 Å². The summed E-state index contributed by atoms with van der Waals surface area (Å²) in [5.41, 5.74) is 0.0875. The lowest BCUT2D eigenvalue weighted by Crippen LogP contribution is -2.04. The molecule has 0 bridgehead atoms. The van der Waals surface area contributed by atoms with Crippen molar-refractivity contribution in [1.82, 2.24) is 25.2 Å². The number of carbonyl (C=O) groups is 2. The highest BCUT2D eigenvalue weighted by Gasteiger charge is 2.20. The molecule has 0 aromatic carbocycles. The van der Waals surface area contributed by atoms with Crippen LogP contribution in [0.1, 0.15) is 20.0 Å². The summed E-state index contributed by atoms with van der Waals surface area (Å²) in [5.74, 6) is -2.14. The van der Waals surface area contributed by atoms with E-state index >= 15 is 0 Å². The van der Waals surface area contributed by atoms with Crippen LogP contribution in [-0.2, 0) is 0 Å². The van der Waals surface area contributed by atoms with E-state index in [1.807, 2.05) is 0 Å². The number of thiophene rings is 1. The number of carboxylic acids is 2. The fourth-order valence-corrected chi connectivity index (χ4v) is 4.08. The molecule has 0 aliphatic carbocycles. The zero-order chi connectivity index (χ0) is 15.7. The highest BCUT2D eigenvalue weighted by molar-refractivity contribution is 8.00. The van der Waals surface area contributed by atoms with E-state index in [1.165, 1.54) is 28.3 Å². The van der Waals surface area contributed by atoms with E-state index in [1.54, 1.807) is 5.38 Å². The molecule has 0 aliphatic rings. The first-order valence-corrected chi connectivity index (χ1v) is 8.04. The number of aromatic nitrogens is 5. The van der Waals surface area contributed by atoms with Gasteiger partial charge in [-0.05, 0) is 33.6 Å². The van der Waals surface area contributed by atoms with Crippen LogP contribution < -0.4 is 0 Å². The van der Waals surface area contributed by atoms with E-state index in [9.17, 15) is 9.59 Å². The van der Waals surface area contributed by atoms with E-state index in [2.05, 4.69) is 20.5 Å². The number of aromatic carboxylic acids is 2. The Morgan fingerprint density at radius 3 is 2.77 bits per heavy atom. The average Bonchev–Trinajstić information content (AvgIpc) is 3.17. The van der Waals surface area contributed by atoms with Crippen molar-refractivity contribution in [2.24, 2.45) is 0 Å². The molecule has 0 radical (unpaired) electrons. The molecule has 0 aliphatic heterocycles. The fourth-order valence-electron chi connectivity index (χ4n) is 1.48. The van der Waals surface area contributed by atoms with E-state index in [0.29, 0.717) is 14.5 Å². The van der Waals surface area contributed by atoms with Crippen LogP contribution in [0.5, 0.6) is 0 Å². The molecule has 9 nitrogen and oxygen atoms in total. The minimum absolute atomic E-state index is 0.0875. The minimum atomic E-state index is -1.08. The second kappa shape index (κ2) is 5.82. The lowest BCUT2D eigenvalue weighted by Gasteiger charge is -2.01. The van der Waals surface area contributed by atoms with E-state index in [-0.39, 0.29) is 10.4 Å². The molecule has 0 saturated carbocycles. The maximum atomic E-state index is 11.2. The van der Waals surface area contributed by atoms with Gasteiger partial charge in [0.2, 0.25) is 5.16 Å². The Morgan fingerprint density at radius 2 is 2.09 bits per heavy atom. The van der Waals surface area contributed by atoms with Crippen molar-refractivity contribution in [2.45, 2.75) is 9.50 Å². The van der Waals surface area contributed by atoms with Gasteiger partial charge in [0.1, 0.15) is 9.88 Å². The van der Waals surface area contributed by atoms with Crippen molar-refractivity contribution in [3.8, 4) is 5.00 Å². The number of hydrogen-bond donors (Lipinski definition) is 2. The summed E-state index contributed by atoms with van der Waals surface area (Å²) in [4.78, 5) is 26.1.